The van der Waals surface area contributed by atoms with Crippen molar-refractivity contribution in [3.8, 4) is 0 Å². The summed E-state index contributed by atoms with van der Waals surface area (Å²) in [6.45, 7) is 0. The third kappa shape index (κ3) is 4.83. The van der Waals surface area contributed by atoms with Gasteiger partial charge in [-0.1, -0.05) is 45.2 Å². The Morgan fingerprint density at radius 1 is 0.750 bits per heavy atom. The first-order valence-electron chi connectivity index (χ1n) is 3.99. The molecule has 0 aromatic rings. The van der Waals surface area contributed by atoms with Crippen molar-refractivity contribution in [3.63, 3.8) is 0 Å². The fourth-order valence-electron chi connectivity index (χ4n) is 0.991. The van der Waals surface area contributed by atoms with E-state index >= 15 is 0 Å². The molecule has 1 aliphatic heterocycles. The minimum Gasteiger partial charge on any atom is -0.195 e. The van der Waals surface area contributed by atoms with Crippen LogP contribution in [0.3, 0.4) is 0 Å². The van der Waals surface area contributed by atoms with Crippen LogP contribution in [0, 0.1) is 0 Å². The molecule has 0 aromatic heterocycles. The molecule has 96 valence electrons. The van der Waals surface area contributed by atoms with E-state index in [9.17, 15) is 16.8 Å². The highest BCUT2D eigenvalue weighted by Gasteiger charge is 2.29. The Hall–Kier alpha value is 1.20. The van der Waals surface area contributed by atoms with Gasteiger partial charge in [0.05, 0.1) is 12.3 Å². The zero-order chi connectivity index (χ0) is 12.4. The minimum atomic E-state index is -3.71. The van der Waals surface area contributed by atoms with Crippen LogP contribution in [-0.4, -0.2) is 38.0 Å². The van der Waals surface area contributed by atoms with Gasteiger partial charge in [-0.25, -0.2) is 0 Å². The first-order valence-corrected chi connectivity index (χ1v) is 10.0. The van der Waals surface area contributed by atoms with Crippen LogP contribution in [0.25, 0.3) is 0 Å². The average molecular weight is 496 g/mol. The fourth-order valence-corrected chi connectivity index (χ4v) is 5.42. The summed E-state index contributed by atoms with van der Waals surface area (Å²) in [6, 6.07) is 0. The molecule has 0 aromatic carbocycles. The van der Waals surface area contributed by atoms with E-state index in [2.05, 4.69) is 18.9 Å². The zero-order valence-corrected chi connectivity index (χ0v) is 13.7. The van der Waals surface area contributed by atoms with Crippen LogP contribution in [0.1, 0.15) is 0 Å². The molecular formula is C4H10I2N4O4S2. The molecule has 1 saturated heterocycles. The fraction of sp³-hybridized carbons (Fsp3) is 1.00. The molecule has 0 saturated carbocycles. The number of rotatable bonds is 2. The topological polar surface area (TPSA) is 116 Å². The average Bonchev–Trinajstić information content (AvgIpc) is 2.12. The molecule has 1 fully saturated rings. The van der Waals surface area contributed by atoms with Gasteiger partial charge in [0.1, 0.15) is 0 Å². The van der Waals surface area contributed by atoms with E-state index in [0.29, 0.717) is 0 Å². The molecule has 1 heterocycles. The molecule has 0 radical (unpaired) electrons. The summed E-state index contributed by atoms with van der Waals surface area (Å²) < 4.78 is 55.2. The summed E-state index contributed by atoms with van der Waals surface area (Å²) in [5.41, 5.74) is 0. The lowest BCUT2D eigenvalue weighted by molar-refractivity contribution is 0.487. The predicted molar refractivity (Wildman–Crippen MR) is 75.7 cm³/mol. The second-order valence-corrected chi connectivity index (χ2v) is 7.61. The molecule has 0 amide bonds. The number of alkyl halides is 2. The minimum absolute atomic E-state index is 0.272. The molecular weight excluding hydrogens is 486 g/mol. The van der Waals surface area contributed by atoms with E-state index < -0.39 is 32.8 Å². The van der Waals surface area contributed by atoms with Crippen molar-refractivity contribution in [2.75, 3.05) is 8.86 Å². The van der Waals surface area contributed by atoms with Crippen LogP contribution in [0.15, 0.2) is 0 Å². The smallest absolute Gasteiger partial charge is 0.195 e. The van der Waals surface area contributed by atoms with Crippen molar-refractivity contribution >= 4 is 65.6 Å². The van der Waals surface area contributed by atoms with E-state index in [1.165, 1.54) is 0 Å². The maximum absolute atomic E-state index is 11.5. The van der Waals surface area contributed by atoms with Crippen molar-refractivity contribution in [3.05, 3.63) is 0 Å². The second-order valence-electron chi connectivity index (χ2n) is 2.89. The lowest BCUT2D eigenvalue weighted by Crippen LogP contribution is -2.63. The van der Waals surface area contributed by atoms with Crippen molar-refractivity contribution in [2.45, 2.75) is 12.3 Å². The van der Waals surface area contributed by atoms with Gasteiger partial charge in [0.2, 0.25) is 0 Å². The normalized spacial score (nSPS) is 33.9. The third-order valence-corrected chi connectivity index (χ3v) is 5.64. The van der Waals surface area contributed by atoms with Crippen molar-refractivity contribution in [1.29, 1.82) is 0 Å². The van der Waals surface area contributed by atoms with E-state index in [-0.39, 0.29) is 8.86 Å². The van der Waals surface area contributed by atoms with Gasteiger partial charge in [0.25, 0.3) is 20.4 Å². The number of hydrogen-bond acceptors (Lipinski definition) is 4. The summed E-state index contributed by atoms with van der Waals surface area (Å²) in [7, 11) is -7.43. The van der Waals surface area contributed by atoms with Crippen LogP contribution >= 0.6 is 45.2 Å². The molecule has 0 atom stereocenters. The van der Waals surface area contributed by atoms with E-state index in [1.807, 2.05) is 45.2 Å². The SMILES string of the molecule is O=S1(=O)NC(CI)NS(=O)(=O)NC(CI)N1. The van der Waals surface area contributed by atoms with Gasteiger partial charge in [-0.3, -0.25) is 0 Å². The van der Waals surface area contributed by atoms with Gasteiger partial charge < -0.3 is 0 Å². The van der Waals surface area contributed by atoms with Gasteiger partial charge >= 0.3 is 0 Å². The summed E-state index contributed by atoms with van der Waals surface area (Å²) in [6.07, 6.45) is -1.74. The number of halogens is 2. The summed E-state index contributed by atoms with van der Waals surface area (Å²) in [4.78, 5) is 0. The Morgan fingerprint density at radius 2 is 1.00 bits per heavy atom. The molecule has 1 rings (SSSR count). The van der Waals surface area contributed by atoms with Crippen molar-refractivity contribution < 1.29 is 16.8 Å². The molecule has 12 heteroatoms. The highest BCUT2D eigenvalue weighted by molar-refractivity contribution is 14.1. The maximum Gasteiger partial charge on any atom is 0.279 e. The van der Waals surface area contributed by atoms with Crippen molar-refractivity contribution in [1.82, 2.24) is 18.9 Å². The van der Waals surface area contributed by atoms with Crippen LogP contribution in [0.5, 0.6) is 0 Å². The molecule has 16 heavy (non-hydrogen) atoms. The van der Waals surface area contributed by atoms with E-state index in [0.717, 1.165) is 0 Å². The first-order chi connectivity index (χ1) is 7.28. The zero-order valence-electron chi connectivity index (χ0n) is 7.77. The van der Waals surface area contributed by atoms with E-state index in [4.69, 9.17) is 0 Å². The van der Waals surface area contributed by atoms with Crippen LogP contribution in [-0.2, 0) is 20.4 Å². The molecule has 0 spiro atoms. The Morgan fingerprint density at radius 3 is 1.19 bits per heavy atom. The third-order valence-electron chi connectivity index (χ3n) is 1.50. The molecule has 0 aliphatic carbocycles. The Kier molecular flexibility index (Phi) is 5.62. The lowest BCUT2D eigenvalue weighted by Gasteiger charge is -2.26. The van der Waals surface area contributed by atoms with Gasteiger partial charge in [-0.2, -0.15) is 35.7 Å². The first kappa shape index (κ1) is 15.3. The second kappa shape index (κ2) is 5.89. The standard InChI is InChI=1S/C4H10I2N4O4S2/c5-1-3-7-15(11,12)9-4(2-6)10-16(13,14)8-3/h3-4,7-10H,1-2H2. The van der Waals surface area contributed by atoms with Gasteiger partial charge in [0, 0.05) is 8.86 Å². The maximum atomic E-state index is 11.5. The molecule has 0 unspecified atom stereocenters. The monoisotopic (exact) mass is 496 g/mol. The molecule has 4 N–H and O–H groups in total. The Bertz CT molecular complexity index is 371. The highest BCUT2D eigenvalue weighted by Crippen LogP contribution is 2.00. The van der Waals surface area contributed by atoms with Crippen LogP contribution in [0.4, 0.5) is 0 Å². The highest BCUT2D eigenvalue weighted by atomic mass is 127. The van der Waals surface area contributed by atoms with Crippen LogP contribution in [0.2, 0.25) is 0 Å². The summed E-state index contributed by atoms with van der Waals surface area (Å²) in [5.74, 6) is 0. The molecule has 0 bridgehead atoms. The van der Waals surface area contributed by atoms with Gasteiger partial charge in [-0.15, -0.1) is 0 Å². The van der Waals surface area contributed by atoms with Gasteiger partial charge in [-0.05, 0) is 0 Å². The number of hydrogen-bond donors (Lipinski definition) is 4. The Labute approximate surface area is 121 Å². The molecule has 1 aliphatic rings. The summed E-state index contributed by atoms with van der Waals surface area (Å²) in [5, 5.41) is 0. The largest absolute Gasteiger partial charge is 0.279 e. The quantitative estimate of drug-likeness (QED) is 0.272. The van der Waals surface area contributed by atoms with E-state index in [1.54, 1.807) is 0 Å². The van der Waals surface area contributed by atoms with Crippen LogP contribution < -0.4 is 18.9 Å². The predicted octanol–water partition coefficient (Wildman–Crippen LogP) is -1.63. The Balaban J connectivity index is 2.96. The molecule has 8 nitrogen and oxygen atoms in total. The van der Waals surface area contributed by atoms with Crippen molar-refractivity contribution in [2.24, 2.45) is 0 Å². The van der Waals surface area contributed by atoms with Gasteiger partial charge in [0.15, 0.2) is 0 Å². The summed E-state index contributed by atoms with van der Waals surface area (Å²) >= 11 is 3.75. The lowest BCUT2D eigenvalue weighted by atomic mass is 10.7. The number of nitrogens with one attached hydrogen (secondary N) is 4.